The van der Waals surface area contributed by atoms with Gasteiger partial charge in [-0.05, 0) is 48.4 Å². The van der Waals surface area contributed by atoms with Crippen molar-refractivity contribution in [3.05, 3.63) is 59.4 Å². The van der Waals surface area contributed by atoms with Crippen LogP contribution in [0.1, 0.15) is 43.0 Å². The molecule has 0 bridgehead atoms. The smallest absolute Gasteiger partial charge is 0.171 e. The lowest BCUT2D eigenvalue weighted by molar-refractivity contribution is -0.232. The van der Waals surface area contributed by atoms with Gasteiger partial charge in [0.15, 0.2) is 5.79 Å². The Hall–Kier alpha value is -1.85. The number of aromatic nitrogens is 2. The molecule has 5 heteroatoms. The van der Waals surface area contributed by atoms with E-state index in [9.17, 15) is 4.39 Å². The van der Waals surface area contributed by atoms with Crippen molar-refractivity contribution < 1.29 is 13.9 Å². The summed E-state index contributed by atoms with van der Waals surface area (Å²) < 4.78 is 26.4. The zero-order valence-corrected chi connectivity index (χ0v) is 15.0. The van der Waals surface area contributed by atoms with Crippen LogP contribution < -0.4 is 0 Å². The monoisotopic (exact) mass is 354 g/mol. The van der Waals surface area contributed by atoms with Crippen molar-refractivity contribution in [1.82, 2.24) is 9.97 Å². The average Bonchev–Trinajstić information content (AvgIpc) is 3.14. The molecule has 0 amide bonds. The Morgan fingerprint density at radius 2 is 2.04 bits per heavy atom. The van der Waals surface area contributed by atoms with E-state index in [1.54, 1.807) is 12.4 Å². The van der Waals surface area contributed by atoms with E-state index in [1.165, 1.54) is 11.6 Å². The van der Waals surface area contributed by atoms with Crippen LogP contribution in [0.15, 0.2) is 36.8 Å². The van der Waals surface area contributed by atoms with Crippen LogP contribution in [0.3, 0.4) is 0 Å². The van der Waals surface area contributed by atoms with Crippen LogP contribution in [-0.4, -0.2) is 29.0 Å². The number of benzene rings is 1. The zero-order valence-electron chi connectivity index (χ0n) is 15.0. The molecule has 136 valence electrons. The predicted octanol–water partition coefficient (Wildman–Crippen LogP) is 3.64. The van der Waals surface area contributed by atoms with Gasteiger partial charge in [0.2, 0.25) is 0 Å². The molecule has 5 rings (SSSR count). The number of hydrogen-bond acceptors (Lipinski definition) is 4. The van der Waals surface area contributed by atoms with Crippen molar-refractivity contribution in [2.45, 2.75) is 43.8 Å². The molecule has 1 saturated carbocycles. The summed E-state index contributed by atoms with van der Waals surface area (Å²) >= 11 is 0. The number of rotatable bonds is 1. The lowest BCUT2D eigenvalue weighted by Gasteiger charge is -2.55. The highest BCUT2D eigenvalue weighted by Gasteiger charge is 2.60. The summed E-state index contributed by atoms with van der Waals surface area (Å²) in [5, 5.41) is 0. The molecule has 2 heterocycles. The second-order valence-electron chi connectivity index (χ2n) is 7.82. The van der Waals surface area contributed by atoms with E-state index >= 15 is 0 Å². The van der Waals surface area contributed by atoms with Gasteiger partial charge in [-0.2, -0.15) is 0 Å². The van der Waals surface area contributed by atoms with Gasteiger partial charge in [0, 0.05) is 24.0 Å². The molecule has 0 radical (unpaired) electrons. The second-order valence-corrected chi connectivity index (χ2v) is 7.82. The lowest BCUT2D eigenvalue weighted by Crippen LogP contribution is -2.57. The Bertz CT molecular complexity index is 836. The van der Waals surface area contributed by atoms with Crippen molar-refractivity contribution in [3.8, 4) is 0 Å². The fraction of sp³-hybridized carbons (Fsp3) is 0.524. The van der Waals surface area contributed by atoms with E-state index in [4.69, 9.17) is 14.5 Å². The lowest BCUT2D eigenvalue weighted by atomic mass is 9.52. The highest BCUT2D eigenvalue weighted by Crippen LogP contribution is 2.59. The summed E-state index contributed by atoms with van der Waals surface area (Å²) in [7, 11) is 0. The molecule has 0 unspecified atom stereocenters. The van der Waals surface area contributed by atoms with Gasteiger partial charge in [0.1, 0.15) is 12.1 Å². The molecule has 1 spiro atoms. The summed E-state index contributed by atoms with van der Waals surface area (Å²) in [6.45, 7) is 3.54. The first-order valence-corrected chi connectivity index (χ1v) is 9.49. The predicted molar refractivity (Wildman–Crippen MR) is 94.1 cm³/mol. The van der Waals surface area contributed by atoms with Gasteiger partial charge in [-0.1, -0.05) is 19.1 Å². The molecule has 1 aromatic heterocycles. The van der Waals surface area contributed by atoms with Crippen molar-refractivity contribution in [3.63, 3.8) is 0 Å². The summed E-state index contributed by atoms with van der Waals surface area (Å²) in [6.07, 6.45) is 7.14. The molecule has 1 aromatic carbocycles. The van der Waals surface area contributed by atoms with E-state index in [2.05, 4.69) is 11.9 Å². The number of halogens is 1. The zero-order chi connectivity index (χ0) is 17.8. The molecule has 0 N–H and O–H groups in total. The van der Waals surface area contributed by atoms with Gasteiger partial charge in [0.25, 0.3) is 0 Å². The molecular formula is C21H23FN2O2. The fourth-order valence-electron chi connectivity index (χ4n) is 5.70. The number of nitrogens with zero attached hydrogens (tertiary/aromatic N) is 2. The van der Waals surface area contributed by atoms with Crippen molar-refractivity contribution in [2.75, 3.05) is 13.2 Å². The normalized spacial score (nSPS) is 32.2. The third-order valence-corrected chi connectivity index (χ3v) is 6.85. The van der Waals surface area contributed by atoms with Gasteiger partial charge in [0.05, 0.1) is 18.9 Å². The molecular weight excluding hydrogens is 331 g/mol. The summed E-state index contributed by atoms with van der Waals surface area (Å²) in [6, 6.07) is 7.05. The van der Waals surface area contributed by atoms with Gasteiger partial charge < -0.3 is 9.47 Å². The van der Waals surface area contributed by atoms with E-state index in [1.807, 2.05) is 18.3 Å². The molecule has 4 nitrogen and oxygen atoms in total. The van der Waals surface area contributed by atoms with E-state index in [0.29, 0.717) is 19.1 Å². The quantitative estimate of drug-likeness (QED) is 0.784. The first-order valence-electron chi connectivity index (χ1n) is 9.49. The van der Waals surface area contributed by atoms with Crippen LogP contribution in [0.5, 0.6) is 0 Å². The Morgan fingerprint density at radius 3 is 2.85 bits per heavy atom. The molecule has 26 heavy (non-hydrogen) atoms. The third kappa shape index (κ3) is 2.13. The van der Waals surface area contributed by atoms with Crippen LogP contribution in [0, 0.1) is 17.7 Å². The summed E-state index contributed by atoms with van der Waals surface area (Å²) in [4.78, 5) is 8.95. The van der Waals surface area contributed by atoms with Crippen LogP contribution in [-0.2, 0) is 21.3 Å². The van der Waals surface area contributed by atoms with Crippen molar-refractivity contribution >= 4 is 0 Å². The SMILES string of the molecule is C[C@H]1[C@@H]2CCc3cncnc3[C@@]2(c2cccc(F)c2)CCC12OCCO2. The molecule has 3 aliphatic rings. The molecule has 1 aliphatic heterocycles. The maximum absolute atomic E-state index is 14.2. The summed E-state index contributed by atoms with van der Waals surface area (Å²) in [5.41, 5.74) is 2.96. The van der Waals surface area contributed by atoms with Crippen molar-refractivity contribution in [1.29, 1.82) is 0 Å². The molecule has 3 atom stereocenters. The Kier molecular flexibility index (Phi) is 3.66. The highest BCUT2D eigenvalue weighted by atomic mass is 19.1. The van der Waals surface area contributed by atoms with Gasteiger partial charge in [-0.3, -0.25) is 0 Å². The third-order valence-electron chi connectivity index (χ3n) is 6.85. The topological polar surface area (TPSA) is 44.2 Å². The van der Waals surface area contributed by atoms with E-state index in [-0.39, 0.29) is 17.2 Å². The first-order chi connectivity index (χ1) is 12.7. The molecule has 2 aliphatic carbocycles. The van der Waals surface area contributed by atoms with E-state index in [0.717, 1.165) is 36.9 Å². The first kappa shape index (κ1) is 16.3. The number of fused-ring (bicyclic) bond motifs is 3. The Labute approximate surface area is 152 Å². The number of aryl methyl sites for hydroxylation is 1. The minimum atomic E-state index is -0.494. The minimum absolute atomic E-state index is 0.196. The number of hydrogen-bond donors (Lipinski definition) is 0. The second kappa shape index (κ2) is 5.83. The van der Waals surface area contributed by atoms with Crippen molar-refractivity contribution in [2.24, 2.45) is 11.8 Å². The summed E-state index contributed by atoms with van der Waals surface area (Å²) in [5.74, 6) is -0.187. The Morgan fingerprint density at radius 1 is 1.19 bits per heavy atom. The van der Waals surface area contributed by atoms with Crippen LogP contribution >= 0.6 is 0 Å². The molecule has 1 saturated heterocycles. The van der Waals surface area contributed by atoms with Crippen LogP contribution in [0.4, 0.5) is 4.39 Å². The maximum atomic E-state index is 14.2. The minimum Gasteiger partial charge on any atom is -0.347 e. The highest BCUT2D eigenvalue weighted by molar-refractivity contribution is 5.44. The van der Waals surface area contributed by atoms with Gasteiger partial charge >= 0.3 is 0 Å². The van der Waals surface area contributed by atoms with E-state index < -0.39 is 5.79 Å². The number of ether oxygens (including phenoxy) is 2. The van der Waals surface area contributed by atoms with Crippen LogP contribution in [0.25, 0.3) is 0 Å². The van der Waals surface area contributed by atoms with Crippen LogP contribution in [0.2, 0.25) is 0 Å². The average molecular weight is 354 g/mol. The maximum Gasteiger partial charge on any atom is 0.171 e. The largest absolute Gasteiger partial charge is 0.347 e. The van der Waals surface area contributed by atoms with Gasteiger partial charge in [-0.25, -0.2) is 14.4 Å². The standard InChI is InChI=1S/C21H23FN2O2/c1-14-18-6-5-15-12-23-13-24-19(15)20(18,16-3-2-4-17(22)11-16)7-8-21(14)25-9-10-26-21/h2-4,11-14,18H,5-10H2,1H3/t14-,18-,20+/m0/s1. The Balaban J connectivity index is 1.71. The molecule has 2 aromatic rings. The fourth-order valence-corrected chi connectivity index (χ4v) is 5.70. The van der Waals surface area contributed by atoms with Gasteiger partial charge in [-0.15, -0.1) is 0 Å². The molecule has 2 fully saturated rings.